The molecule has 156 valence electrons. The van der Waals surface area contributed by atoms with Crippen LogP contribution in [-0.4, -0.2) is 56.3 Å². The van der Waals surface area contributed by atoms with Crippen LogP contribution >= 0.6 is 0 Å². The van der Waals surface area contributed by atoms with Gasteiger partial charge >= 0.3 is 0 Å². The van der Waals surface area contributed by atoms with E-state index < -0.39 is 10.0 Å². The number of piperazine rings is 1. The van der Waals surface area contributed by atoms with Crippen molar-refractivity contribution in [3.05, 3.63) is 78.4 Å². The van der Waals surface area contributed by atoms with E-state index in [4.69, 9.17) is 4.74 Å². The Morgan fingerprint density at radius 1 is 0.833 bits per heavy atom. The van der Waals surface area contributed by atoms with E-state index in [1.54, 1.807) is 17.0 Å². The number of carbonyl (C=O) groups excluding carboxylic acids is 1. The molecule has 0 aliphatic carbocycles. The molecule has 0 N–H and O–H groups in total. The second-order valence-electron chi connectivity index (χ2n) is 7.32. The van der Waals surface area contributed by atoms with Crippen molar-refractivity contribution in [3.8, 4) is 5.75 Å². The number of hydrogen-bond donors (Lipinski definition) is 0. The Morgan fingerprint density at radius 2 is 1.50 bits per heavy atom. The maximum absolute atomic E-state index is 12.6. The molecule has 3 aromatic rings. The number of ether oxygens (including phenoxy) is 1. The molecular weight excluding hydrogens is 400 g/mol. The van der Waals surface area contributed by atoms with Gasteiger partial charge in [-0.1, -0.05) is 60.7 Å². The lowest BCUT2D eigenvalue weighted by Gasteiger charge is -2.34. The van der Waals surface area contributed by atoms with Gasteiger partial charge in [0.2, 0.25) is 10.0 Å². The minimum absolute atomic E-state index is 0.0210. The summed E-state index contributed by atoms with van der Waals surface area (Å²) in [5.41, 5.74) is 0.764. The number of benzene rings is 3. The molecule has 30 heavy (non-hydrogen) atoms. The summed E-state index contributed by atoms with van der Waals surface area (Å²) in [5, 5.41) is 2.17. The van der Waals surface area contributed by atoms with Crippen molar-refractivity contribution in [1.82, 2.24) is 9.21 Å². The molecule has 4 rings (SSSR count). The van der Waals surface area contributed by atoms with Crippen molar-refractivity contribution in [2.45, 2.75) is 5.75 Å². The van der Waals surface area contributed by atoms with Gasteiger partial charge in [0.1, 0.15) is 5.75 Å². The summed E-state index contributed by atoms with van der Waals surface area (Å²) in [7, 11) is -3.40. The summed E-state index contributed by atoms with van der Waals surface area (Å²) in [6.45, 7) is 1.28. The molecule has 1 fully saturated rings. The normalized spacial score (nSPS) is 15.3. The van der Waals surface area contributed by atoms with Gasteiger partial charge in [-0.25, -0.2) is 8.42 Å². The van der Waals surface area contributed by atoms with E-state index in [0.29, 0.717) is 31.9 Å². The highest BCUT2D eigenvalue weighted by Gasteiger charge is 2.29. The van der Waals surface area contributed by atoms with E-state index >= 15 is 0 Å². The third kappa shape index (κ3) is 4.80. The molecule has 3 aromatic carbocycles. The maximum atomic E-state index is 12.6. The fourth-order valence-corrected chi connectivity index (χ4v) is 5.10. The Morgan fingerprint density at radius 3 is 2.23 bits per heavy atom. The molecular formula is C23H24N2O4S. The molecule has 0 radical (unpaired) electrons. The summed E-state index contributed by atoms with van der Waals surface area (Å²) < 4.78 is 32.4. The molecule has 0 bridgehead atoms. The molecule has 7 heteroatoms. The van der Waals surface area contributed by atoms with Gasteiger partial charge < -0.3 is 9.64 Å². The quantitative estimate of drug-likeness (QED) is 0.610. The predicted molar refractivity (Wildman–Crippen MR) is 117 cm³/mol. The first-order valence-corrected chi connectivity index (χ1v) is 11.5. The fraction of sp³-hybridized carbons (Fsp3) is 0.261. The average Bonchev–Trinajstić information content (AvgIpc) is 2.78. The van der Waals surface area contributed by atoms with Gasteiger partial charge in [-0.15, -0.1) is 0 Å². The van der Waals surface area contributed by atoms with Gasteiger partial charge in [0.25, 0.3) is 5.91 Å². The molecule has 0 unspecified atom stereocenters. The van der Waals surface area contributed by atoms with Crippen LogP contribution in [0.15, 0.2) is 72.8 Å². The van der Waals surface area contributed by atoms with Crippen molar-refractivity contribution in [3.63, 3.8) is 0 Å². The van der Waals surface area contributed by atoms with E-state index in [0.717, 1.165) is 16.3 Å². The smallest absolute Gasteiger partial charge is 0.260 e. The van der Waals surface area contributed by atoms with Crippen molar-refractivity contribution in [2.24, 2.45) is 0 Å². The third-order valence-corrected chi connectivity index (χ3v) is 7.11. The zero-order chi connectivity index (χ0) is 21.0. The number of rotatable bonds is 6. The zero-order valence-corrected chi connectivity index (χ0v) is 17.4. The Bertz CT molecular complexity index is 1120. The van der Waals surface area contributed by atoms with E-state index in [2.05, 4.69) is 0 Å². The van der Waals surface area contributed by atoms with Crippen molar-refractivity contribution < 1.29 is 17.9 Å². The largest absolute Gasteiger partial charge is 0.484 e. The number of hydrogen-bond acceptors (Lipinski definition) is 4. The second kappa shape index (κ2) is 8.85. The van der Waals surface area contributed by atoms with E-state index in [9.17, 15) is 13.2 Å². The van der Waals surface area contributed by atoms with Gasteiger partial charge in [0.05, 0.1) is 5.75 Å². The highest BCUT2D eigenvalue weighted by Crippen LogP contribution is 2.21. The molecule has 6 nitrogen and oxygen atoms in total. The average molecular weight is 425 g/mol. The molecule has 1 aliphatic heterocycles. The second-order valence-corrected chi connectivity index (χ2v) is 9.29. The minimum atomic E-state index is -3.40. The molecule has 1 amide bonds. The topological polar surface area (TPSA) is 66.9 Å². The SMILES string of the molecule is O=C(COc1ccc2ccccc2c1)N1CCN(S(=O)(=O)Cc2ccccc2)CC1. The lowest BCUT2D eigenvalue weighted by Crippen LogP contribution is -2.51. The first-order chi connectivity index (χ1) is 14.5. The lowest BCUT2D eigenvalue weighted by atomic mass is 10.1. The molecule has 1 saturated heterocycles. The lowest BCUT2D eigenvalue weighted by molar-refractivity contribution is -0.134. The predicted octanol–water partition coefficient (Wildman–Crippen LogP) is 2.89. The van der Waals surface area contributed by atoms with Gasteiger partial charge in [0.15, 0.2) is 6.61 Å². The van der Waals surface area contributed by atoms with Crippen molar-refractivity contribution in [1.29, 1.82) is 0 Å². The van der Waals surface area contributed by atoms with Crippen LogP contribution in [0.5, 0.6) is 5.75 Å². The molecule has 0 atom stereocenters. The van der Waals surface area contributed by atoms with E-state index in [1.165, 1.54) is 4.31 Å². The molecule has 0 saturated carbocycles. The van der Waals surface area contributed by atoms with Crippen molar-refractivity contribution >= 4 is 26.7 Å². The number of fused-ring (bicyclic) bond motifs is 1. The highest BCUT2D eigenvalue weighted by molar-refractivity contribution is 7.88. The molecule has 0 spiro atoms. The monoisotopic (exact) mass is 424 g/mol. The first-order valence-electron chi connectivity index (χ1n) is 9.92. The zero-order valence-electron chi connectivity index (χ0n) is 16.6. The number of amides is 1. The molecule has 1 aliphatic rings. The summed E-state index contributed by atoms with van der Waals surface area (Å²) in [4.78, 5) is 14.2. The Balaban J connectivity index is 1.29. The molecule has 0 aromatic heterocycles. The van der Waals surface area contributed by atoms with Gasteiger partial charge in [-0.3, -0.25) is 4.79 Å². The first kappa shape index (κ1) is 20.4. The number of sulfonamides is 1. The van der Waals surface area contributed by atoms with Crippen LogP contribution in [0.1, 0.15) is 5.56 Å². The van der Waals surface area contributed by atoms with Crippen molar-refractivity contribution in [2.75, 3.05) is 32.8 Å². The van der Waals surface area contributed by atoms with E-state index in [1.807, 2.05) is 60.7 Å². The van der Waals surface area contributed by atoms with Gasteiger partial charge in [-0.2, -0.15) is 4.31 Å². The fourth-order valence-electron chi connectivity index (χ4n) is 3.59. The Hall–Kier alpha value is -2.90. The van der Waals surface area contributed by atoms with Crippen LogP contribution in [0.25, 0.3) is 10.8 Å². The van der Waals surface area contributed by atoms with Crippen LogP contribution in [-0.2, 0) is 20.6 Å². The van der Waals surface area contributed by atoms with Gasteiger partial charge in [-0.05, 0) is 28.5 Å². The summed E-state index contributed by atoms with van der Waals surface area (Å²) in [6.07, 6.45) is 0. The summed E-state index contributed by atoms with van der Waals surface area (Å²) in [5.74, 6) is 0.488. The summed E-state index contributed by atoms with van der Waals surface area (Å²) >= 11 is 0. The van der Waals surface area contributed by atoms with Crippen LogP contribution in [0.3, 0.4) is 0 Å². The van der Waals surface area contributed by atoms with Crippen LogP contribution in [0.2, 0.25) is 0 Å². The minimum Gasteiger partial charge on any atom is -0.484 e. The van der Waals surface area contributed by atoms with Gasteiger partial charge in [0, 0.05) is 26.2 Å². The number of carbonyl (C=O) groups is 1. The maximum Gasteiger partial charge on any atom is 0.260 e. The van der Waals surface area contributed by atoms with E-state index in [-0.39, 0.29) is 18.3 Å². The van der Waals surface area contributed by atoms with Crippen LogP contribution < -0.4 is 4.74 Å². The third-order valence-electron chi connectivity index (χ3n) is 5.26. The molecule has 1 heterocycles. The van der Waals surface area contributed by atoms with Crippen LogP contribution in [0.4, 0.5) is 0 Å². The Kier molecular flexibility index (Phi) is 6.01. The van der Waals surface area contributed by atoms with Crippen LogP contribution in [0, 0.1) is 0 Å². The summed E-state index contributed by atoms with van der Waals surface area (Å²) in [6, 6.07) is 22.8. The Labute approximate surface area is 176 Å². The number of nitrogens with zero attached hydrogens (tertiary/aromatic N) is 2. The standard InChI is InChI=1S/C23H24N2O4S/c26-23(17-29-22-11-10-20-8-4-5-9-21(20)16-22)24-12-14-25(15-13-24)30(27,28)18-19-6-2-1-3-7-19/h1-11,16H,12-15,17-18H2. The highest BCUT2D eigenvalue weighted by atomic mass is 32.2.